The average Bonchev–Trinajstić information content (AvgIpc) is 2.67. The van der Waals surface area contributed by atoms with Gasteiger partial charge < -0.3 is 35.0 Å². The summed E-state index contributed by atoms with van der Waals surface area (Å²) in [6, 6.07) is 0. The molecule has 7 nitrogen and oxygen atoms in total. The zero-order valence-electron chi connectivity index (χ0n) is 15.2. The standard InChI is InChI=1S/C20H26O7/c1-2-3-4-5-6-7-8-9-11-15(22)12-10-13-26-20-19(25)18(24)17(23)16(14-21)27-20/h8-9,15-25H,10-14H2,1H3/b9-8+/t15?,16-,17-,18+,19-,20?/m1/s1. The van der Waals surface area contributed by atoms with Crippen LogP contribution in [0.4, 0.5) is 0 Å². The smallest absolute Gasteiger partial charge is 0.186 e. The molecule has 7 heteroatoms. The number of hydrogen-bond donors (Lipinski definition) is 5. The number of hydrogen-bond acceptors (Lipinski definition) is 7. The van der Waals surface area contributed by atoms with Crippen molar-refractivity contribution in [3.63, 3.8) is 0 Å². The Morgan fingerprint density at radius 3 is 2.52 bits per heavy atom. The van der Waals surface area contributed by atoms with E-state index in [-0.39, 0.29) is 6.61 Å². The van der Waals surface area contributed by atoms with Gasteiger partial charge >= 0.3 is 0 Å². The van der Waals surface area contributed by atoms with Gasteiger partial charge in [0.25, 0.3) is 0 Å². The molecular formula is C20H26O7. The molecule has 0 bridgehead atoms. The topological polar surface area (TPSA) is 120 Å². The summed E-state index contributed by atoms with van der Waals surface area (Å²) in [5.74, 6) is 15.6. The van der Waals surface area contributed by atoms with Crippen molar-refractivity contribution in [3.8, 4) is 35.5 Å². The molecule has 6 atom stereocenters. The van der Waals surface area contributed by atoms with Crippen LogP contribution in [0.3, 0.4) is 0 Å². The third-order valence-electron chi connectivity index (χ3n) is 3.81. The van der Waals surface area contributed by atoms with Crippen LogP contribution in [0.5, 0.6) is 0 Å². The fraction of sp³-hybridized carbons (Fsp3) is 0.600. The van der Waals surface area contributed by atoms with Gasteiger partial charge in [-0.2, -0.15) is 0 Å². The van der Waals surface area contributed by atoms with Crippen molar-refractivity contribution < 1.29 is 35.0 Å². The van der Waals surface area contributed by atoms with E-state index in [0.29, 0.717) is 19.3 Å². The van der Waals surface area contributed by atoms with Crippen molar-refractivity contribution in [2.75, 3.05) is 13.2 Å². The maximum absolute atomic E-state index is 9.88. The fourth-order valence-electron chi connectivity index (χ4n) is 2.33. The summed E-state index contributed by atoms with van der Waals surface area (Å²) in [6.45, 7) is 1.37. The first-order valence-electron chi connectivity index (χ1n) is 8.68. The minimum atomic E-state index is -1.46. The predicted octanol–water partition coefficient (Wildman–Crippen LogP) is -1.08. The maximum atomic E-state index is 9.88. The molecule has 0 aromatic rings. The predicted molar refractivity (Wildman–Crippen MR) is 97.7 cm³/mol. The molecule has 0 saturated carbocycles. The van der Waals surface area contributed by atoms with Crippen molar-refractivity contribution in [2.24, 2.45) is 0 Å². The summed E-state index contributed by atoms with van der Waals surface area (Å²) < 4.78 is 10.6. The van der Waals surface area contributed by atoms with E-state index in [1.54, 1.807) is 19.1 Å². The third-order valence-corrected chi connectivity index (χ3v) is 3.81. The van der Waals surface area contributed by atoms with Crippen LogP contribution < -0.4 is 0 Å². The van der Waals surface area contributed by atoms with Crippen molar-refractivity contribution in [3.05, 3.63) is 12.2 Å². The Kier molecular flexibility index (Phi) is 11.4. The van der Waals surface area contributed by atoms with Crippen LogP contribution in [0, 0.1) is 35.5 Å². The molecule has 1 saturated heterocycles. The number of allylic oxidation sites excluding steroid dienone is 1. The number of aliphatic hydroxyl groups excluding tert-OH is 5. The zero-order chi connectivity index (χ0) is 20.1. The van der Waals surface area contributed by atoms with Crippen LogP contribution in [0.15, 0.2) is 12.2 Å². The SMILES string of the molecule is CC#CC#CC#C/C=C/CC(O)CCCOC1O[C@H](CO)[C@@H](O)[C@H](O)[C@H]1O. The second-order valence-corrected chi connectivity index (χ2v) is 5.90. The van der Waals surface area contributed by atoms with Gasteiger partial charge in [0.05, 0.1) is 12.7 Å². The Hall–Kier alpha value is -1.86. The van der Waals surface area contributed by atoms with Gasteiger partial charge in [0.2, 0.25) is 0 Å². The largest absolute Gasteiger partial charge is 0.394 e. The van der Waals surface area contributed by atoms with Crippen LogP contribution in [0.25, 0.3) is 0 Å². The Morgan fingerprint density at radius 2 is 1.81 bits per heavy atom. The normalized spacial score (nSPS) is 28.3. The summed E-state index contributed by atoms with van der Waals surface area (Å²) >= 11 is 0. The molecule has 1 heterocycles. The fourth-order valence-corrected chi connectivity index (χ4v) is 2.33. The van der Waals surface area contributed by atoms with E-state index in [4.69, 9.17) is 14.6 Å². The van der Waals surface area contributed by atoms with Crippen LogP contribution >= 0.6 is 0 Å². The molecule has 1 aliphatic heterocycles. The van der Waals surface area contributed by atoms with Gasteiger partial charge in [0.15, 0.2) is 6.29 Å². The molecule has 0 aromatic heterocycles. The van der Waals surface area contributed by atoms with Crippen LogP contribution in [-0.4, -0.2) is 75.6 Å². The van der Waals surface area contributed by atoms with Gasteiger partial charge in [-0.3, -0.25) is 0 Å². The summed E-state index contributed by atoms with van der Waals surface area (Å²) in [4.78, 5) is 0. The lowest BCUT2D eigenvalue weighted by Crippen LogP contribution is -2.59. The maximum Gasteiger partial charge on any atom is 0.186 e. The van der Waals surface area contributed by atoms with Gasteiger partial charge in [-0.05, 0) is 55.9 Å². The highest BCUT2D eigenvalue weighted by molar-refractivity contribution is 5.37. The lowest BCUT2D eigenvalue weighted by atomic mass is 9.99. The van der Waals surface area contributed by atoms with E-state index in [1.165, 1.54) is 0 Å². The molecule has 0 amide bonds. The van der Waals surface area contributed by atoms with Crippen molar-refractivity contribution in [1.82, 2.24) is 0 Å². The Morgan fingerprint density at radius 1 is 1.07 bits per heavy atom. The van der Waals surface area contributed by atoms with E-state index in [1.807, 2.05) is 0 Å². The quantitative estimate of drug-likeness (QED) is 0.269. The second kappa shape index (κ2) is 13.3. The zero-order valence-corrected chi connectivity index (χ0v) is 15.2. The van der Waals surface area contributed by atoms with E-state index in [0.717, 1.165) is 0 Å². The molecule has 5 N–H and O–H groups in total. The first-order chi connectivity index (χ1) is 13.0. The van der Waals surface area contributed by atoms with E-state index in [2.05, 4.69) is 35.5 Å². The lowest BCUT2D eigenvalue weighted by molar-refractivity contribution is -0.301. The molecule has 148 valence electrons. The molecule has 0 spiro atoms. The van der Waals surface area contributed by atoms with Crippen LogP contribution in [0.1, 0.15) is 26.2 Å². The third kappa shape index (κ3) is 8.58. The Labute approximate surface area is 159 Å². The summed E-state index contributed by atoms with van der Waals surface area (Å²) in [5.41, 5.74) is 0. The van der Waals surface area contributed by atoms with Crippen molar-refractivity contribution in [1.29, 1.82) is 0 Å². The van der Waals surface area contributed by atoms with E-state index < -0.39 is 43.4 Å². The summed E-state index contributed by atoms with van der Waals surface area (Å²) in [6.07, 6.45) is -2.27. The van der Waals surface area contributed by atoms with Gasteiger partial charge in [0.1, 0.15) is 24.4 Å². The van der Waals surface area contributed by atoms with Crippen molar-refractivity contribution in [2.45, 2.75) is 63.0 Å². The molecule has 0 radical (unpaired) electrons. The minimum Gasteiger partial charge on any atom is -0.394 e. The number of ether oxygens (including phenoxy) is 2. The second-order valence-electron chi connectivity index (χ2n) is 5.90. The molecule has 2 unspecified atom stereocenters. The lowest BCUT2D eigenvalue weighted by Gasteiger charge is -2.39. The highest BCUT2D eigenvalue weighted by Gasteiger charge is 2.43. The van der Waals surface area contributed by atoms with Gasteiger partial charge in [-0.25, -0.2) is 0 Å². The van der Waals surface area contributed by atoms with E-state index in [9.17, 15) is 20.4 Å². The number of aliphatic hydroxyl groups is 5. The molecular weight excluding hydrogens is 352 g/mol. The molecule has 0 aliphatic carbocycles. The highest BCUT2D eigenvalue weighted by Crippen LogP contribution is 2.22. The van der Waals surface area contributed by atoms with Gasteiger partial charge in [0, 0.05) is 6.61 Å². The minimum absolute atomic E-state index is 0.178. The van der Waals surface area contributed by atoms with Crippen LogP contribution in [0.2, 0.25) is 0 Å². The molecule has 27 heavy (non-hydrogen) atoms. The van der Waals surface area contributed by atoms with Crippen molar-refractivity contribution >= 4 is 0 Å². The Bertz CT molecular complexity index is 638. The molecule has 0 aromatic carbocycles. The van der Waals surface area contributed by atoms with Crippen LogP contribution in [-0.2, 0) is 9.47 Å². The first kappa shape index (κ1) is 23.2. The average molecular weight is 378 g/mol. The highest BCUT2D eigenvalue weighted by atomic mass is 16.7. The summed E-state index contributed by atoms with van der Waals surface area (Å²) in [7, 11) is 0. The van der Waals surface area contributed by atoms with E-state index >= 15 is 0 Å². The van der Waals surface area contributed by atoms with Gasteiger partial charge in [-0.1, -0.05) is 17.9 Å². The monoisotopic (exact) mass is 378 g/mol. The molecule has 1 rings (SSSR count). The first-order valence-corrected chi connectivity index (χ1v) is 8.68. The summed E-state index contributed by atoms with van der Waals surface area (Å²) in [5, 5.41) is 48.2. The molecule has 1 aliphatic rings. The molecule has 1 fully saturated rings. The number of rotatable bonds is 8. The van der Waals surface area contributed by atoms with Gasteiger partial charge in [-0.15, -0.1) is 0 Å². The Balaban J connectivity index is 2.25.